The first kappa shape index (κ1) is 17.0. The Labute approximate surface area is 106 Å². The van der Waals surface area contributed by atoms with Crippen molar-refractivity contribution in [1.29, 1.82) is 0 Å². The molecule has 0 saturated carbocycles. The first-order valence-corrected chi connectivity index (χ1v) is 5.27. The van der Waals surface area contributed by atoms with Crippen LogP contribution < -0.4 is 29.6 Å². The summed E-state index contributed by atoms with van der Waals surface area (Å²) >= 11 is 0. The van der Waals surface area contributed by atoms with Crippen molar-refractivity contribution in [2.75, 3.05) is 13.2 Å². The maximum atomic E-state index is 10.5. The van der Waals surface area contributed by atoms with Crippen LogP contribution in [-0.2, 0) is 14.9 Å². The summed E-state index contributed by atoms with van der Waals surface area (Å²) in [5.74, 6) is 0. The Hall–Kier alpha value is 0.570. The zero-order chi connectivity index (χ0) is 10.3. The Morgan fingerprint density at radius 2 is 2.14 bits per heavy atom. The fraction of sp³-hybridized carbons (Fsp3) is 0.714. The normalized spacial score (nSPS) is 13.0. The summed E-state index contributed by atoms with van der Waals surface area (Å²) in [5, 5.41) is 8.43. The predicted molar refractivity (Wildman–Crippen MR) is 46.0 cm³/mol. The Morgan fingerprint density at radius 3 is 2.50 bits per heavy atom. The van der Waals surface area contributed by atoms with E-state index >= 15 is 0 Å². The zero-order valence-electron chi connectivity index (χ0n) is 8.18. The molecule has 0 bridgehead atoms. The van der Waals surface area contributed by atoms with Crippen molar-refractivity contribution in [3.63, 3.8) is 0 Å². The summed E-state index contributed by atoms with van der Waals surface area (Å²) in [6.07, 6.45) is 1.59. The van der Waals surface area contributed by atoms with Crippen molar-refractivity contribution in [1.82, 2.24) is 0 Å². The topological polar surface area (TPSA) is 86.7 Å². The van der Waals surface area contributed by atoms with Crippen LogP contribution in [0.25, 0.3) is 0 Å². The van der Waals surface area contributed by atoms with Gasteiger partial charge in [0, 0.05) is 6.61 Å². The van der Waals surface area contributed by atoms with Crippen LogP contribution in [0, 0.1) is 0 Å². The smallest absolute Gasteiger partial charge is 0.746 e. The van der Waals surface area contributed by atoms with Crippen LogP contribution in [0.3, 0.4) is 0 Å². The molecule has 1 N–H and O–H groups in total. The molecule has 0 heterocycles. The van der Waals surface area contributed by atoms with Crippen molar-refractivity contribution in [2.45, 2.75) is 18.3 Å². The van der Waals surface area contributed by atoms with Gasteiger partial charge in [0.2, 0.25) is 0 Å². The molecule has 0 aliphatic heterocycles. The fourth-order valence-corrected chi connectivity index (χ4v) is 1.44. The Bertz CT molecular complexity index is 238. The van der Waals surface area contributed by atoms with Gasteiger partial charge in [0.1, 0.15) is 15.6 Å². The van der Waals surface area contributed by atoms with E-state index in [4.69, 9.17) is 9.84 Å². The second-order valence-electron chi connectivity index (χ2n) is 2.41. The van der Waals surface area contributed by atoms with Gasteiger partial charge in [-0.1, -0.05) is 6.08 Å². The summed E-state index contributed by atoms with van der Waals surface area (Å²) in [5.41, 5.74) is -1.38. The van der Waals surface area contributed by atoms with Crippen LogP contribution >= 0.6 is 0 Å². The molecule has 0 saturated heterocycles. The number of ether oxygens (including phenoxy) is 1. The second-order valence-corrected chi connectivity index (χ2v) is 3.92. The van der Waals surface area contributed by atoms with Gasteiger partial charge in [0.05, 0.1) is 6.61 Å². The minimum atomic E-state index is -4.44. The standard InChI is InChI=1S/C7H14O5S.Na/c1-2-6-12-7(4-3-5-8)13(9,10)11;/h2,7-8H,1,3-6H2,(H,9,10,11);/q;+1/p-1. The summed E-state index contributed by atoms with van der Waals surface area (Å²) in [6, 6.07) is 0. The van der Waals surface area contributed by atoms with E-state index in [1.807, 2.05) is 0 Å². The van der Waals surface area contributed by atoms with E-state index in [-0.39, 0.29) is 55.6 Å². The third-order valence-corrected chi connectivity index (χ3v) is 2.34. The maximum Gasteiger partial charge on any atom is 1.00 e. The van der Waals surface area contributed by atoms with E-state index in [2.05, 4.69) is 6.58 Å². The van der Waals surface area contributed by atoms with E-state index in [1.54, 1.807) is 0 Å². The molecule has 1 atom stereocenters. The van der Waals surface area contributed by atoms with E-state index in [1.165, 1.54) is 6.08 Å². The van der Waals surface area contributed by atoms with Crippen LogP contribution in [0.4, 0.5) is 0 Å². The summed E-state index contributed by atoms with van der Waals surface area (Å²) in [6.45, 7) is 3.17. The monoisotopic (exact) mass is 232 g/mol. The number of aliphatic hydroxyl groups is 1. The number of aliphatic hydroxyl groups excluding tert-OH is 1. The first-order chi connectivity index (χ1) is 6.02. The molecule has 0 amide bonds. The van der Waals surface area contributed by atoms with Gasteiger partial charge in [-0.05, 0) is 12.8 Å². The first-order valence-electron chi connectivity index (χ1n) is 3.80. The van der Waals surface area contributed by atoms with Crippen LogP contribution in [0.2, 0.25) is 0 Å². The molecule has 78 valence electrons. The minimum Gasteiger partial charge on any atom is -0.746 e. The largest absolute Gasteiger partial charge is 1.00 e. The Kier molecular flexibility index (Phi) is 10.7. The molecule has 1 unspecified atom stereocenters. The van der Waals surface area contributed by atoms with Crippen molar-refractivity contribution < 1.29 is 52.4 Å². The third kappa shape index (κ3) is 7.93. The molecule has 5 nitrogen and oxygen atoms in total. The van der Waals surface area contributed by atoms with Crippen molar-refractivity contribution in [3.8, 4) is 0 Å². The molecule has 0 aliphatic rings. The second kappa shape index (κ2) is 8.84. The van der Waals surface area contributed by atoms with Gasteiger partial charge >= 0.3 is 29.6 Å². The van der Waals surface area contributed by atoms with E-state index in [9.17, 15) is 13.0 Å². The molecule has 0 radical (unpaired) electrons. The average molecular weight is 232 g/mol. The van der Waals surface area contributed by atoms with Crippen LogP contribution in [0.5, 0.6) is 0 Å². The summed E-state index contributed by atoms with van der Waals surface area (Å²) < 4.78 is 36.4. The summed E-state index contributed by atoms with van der Waals surface area (Å²) in [4.78, 5) is 0. The molecule has 14 heavy (non-hydrogen) atoms. The molecule has 0 spiro atoms. The molecule has 0 aliphatic carbocycles. The Balaban J connectivity index is 0. The molecular weight excluding hydrogens is 219 g/mol. The number of rotatable bonds is 7. The summed E-state index contributed by atoms with van der Waals surface area (Å²) in [7, 11) is -4.44. The van der Waals surface area contributed by atoms with E-state index < -0.39 is 15.6 Å². The van der Waals surface area contributed by atoms with Gasteiger partial charge < -0.3 is 14.4 Å². The number of hydrogen-bond donors (Lipinski definition) is 1. The van der Waals surface area contributed by atoms with Gasteiger partial charge in [-0.15, -0.1) is 6.58 Å². The molecule has 0 fully saturated rings. The molecule has 0 rings (SSSR count). The van der Waals surface area contributed by atoms with Crippen LogP contribution in [0.1, 0.15) is 12.8 Å². The van der Waals surface area contributed by atoms with E-state index in [0.29, 0.717) is 0 Å². The maximum absolute atomic E-state index is 10.5. The number of hydrogen-bond acceptors (Lipinski definition) is 5. The van der Waals surface area contributed by atoms with Gasteiger partial charge in [-0.3, -0.25) is 0 Å². The van der Waals surface area contributed by atoms with Gasteiger partial charge in [-0.2, -0.15) is 0 Å². The molecular formula is C7H13NaO5S. The average Bonchev–Trinajstić information content (AvgIpc) is 2.02. The third-order valence-electron chi connectivity index (χ3n) is 1.32. The van der Waals surface area contributed by atoms with Crippen LogP contribution in [-0.4, -0.2) is 36.7 Å². The van der Waals surface area contributed by atoms with Gasteiger partial charge in [-0.25, -0.2) is 8.42 Å². The zero-order valence-corrected chi connectivity index (χ0v) is 11.0. The molecule has 0 aromatic carbocycles. The predicted octanol–water partition coefficient (Wildman–Crippen LogP) is -3.16. The van der Waals surface area contributed by atoms with Gasteiger partial charge in [0.15, 0.2) is 0 Å². The van der Waals surface area contributed by atoms with Crippen molar-refractivity contribution in [2.24, 2.45) is 0 Å². The van der Waals surface area contributed by atoms with E-state index in [0.717, 1.165) is 0 Å². The van der Waals surface area contributed by atoms with Gasteiger partial charge in [0.25, 0.3) is 0 Å². The van der Waals surface area contributed by atoms with Crippen LogP contribution in [0.15, 0.2) is 12.7 Å². The van der Waals surface area contributed by atoms with Crippen molar-refractivity contribution >= 4 is 10.1 Å². The Morgan fingerprint density at radius 1 is 1.57 bits per heavy atom. The molecule has 0 aromatic rings. The molecule has 7 heteroatoms. The fourth-order valence-electron chi connectivity index (χ4n) is 0.744. The quantitative estimate of drug-likeness (QED) is 0.284. The SMILES string of the molecule is C=CCOC(CCCO)S(=O)(=O)[O-].[Na+]. The minimum absolute atomic E-state index is 0. The van der Waals surface area contributed by atoms with Crippen molar-refractivity contribution in [3.05, 3.63) is 12.7 Å². The molecule has 0 aromatic heterocycles.